The zero-order valence-corrected chi connectivity index (χ0v) is 10.9. The molecule has 0 radical (unpaired) electrons. The number of rotatable bonds is 3. The first kappa shape index (κ1) is 13.0. The number of nitrogens with zero attached hydrogens (tertiary/aromatic N) is 1. The number of carboxylic acids is 1. The van der Waals surface area contributed by atoms with Crippen molar-refractivity contribution in [2.45, 2.75) is 6.92 Å². The number of carboxylic acid groups (broad SMARTS) is 1. The molecule has 2 rings (SSSR count). The van der Waals surface area contributed by atoms with Gasteiger partial charge in [0.2, 0.25) is 0 Å². The summed E-state index contributed by atoms with van der Waals surface area (Å²) < 4.78 is 0. The number of aromatic carboxylic acids is 1. The molecule has 0 fully saturated rings. The molecule has 2 aromatic rings. The summed E-state index contributed by atoms with van der Waals surface area (Å²) in [5, 5.41) is 9.25. The lowest BCUT2D eigenvalue weighted by Crippen LogP contribution is -2.15. The third-order valence-electron chi connectivity index (χ3n) is 3.09. The highest BCUT2D eigenvalue weighted by atomic mass is 16.4. The lowest BCUT2D eigenvalue weighted by atomic mass is 10.1. The second-order valence-electron chi connectivity index (χ2n) is 4.43. The fraction of sp³-hybridized carbons (Fsp3) is 0.133. The third-order valence-corrected chi connectivity index (χ3v) is 3.09. The molecule has 4 heteroatoms. The number of anilines is 3. The minimum absolute atomic E-state index is 0.236. The molecule has 0 amide bonds. The lowest BCUT2D eigenvalue weighted by molar-refractivity contribution is 0.0697. The molecule has 0 aliphatic carbocycles. The highest BCUT2D eigenvalue weighted by Gasteiger charge is 2.15. The highest BCUT2D eigenvalue weighted by molar-refractivity contribution is 5.96. The number of carbonyl (C=O) groups is 1. The van der Waals surface area contributed by atoms with Gasteiger partial charge in [-0.1, -0.05) is 18.2 Å². The molecule has 0 aromatic heterocycles. The van der Waals surface area contributed by atoms with Gasteiger partial charge in [-0.15, -0.1) is 0 Å². The smallest absolute Gasteiger partial charge is 0.337 e. The van der Waals surface area contributed by atoms with Crippen LogP contribution in [0, 0.1) is 6.92 Å². The summed E-state index contributed by atoms with van der Waals surface area (Å²) in [6.07, 6.45) is 0. The monoisotopic (exact) mass is 256 g/mol. The van der Waals surface area contributed by atoms with Crippen LogP contribution in [0.5, 0.6) is 0 Å². The van der Waals surface area contributed by atoms with E-state index in [4.69, 9.17) is 5.73 Å². The maximum atomic E-state index is 11.3. The van der Waals surface area contributed by atoms with E-state index in [9.17, 15) is 9.90 Å². The number of benzene rings is 2. The number of para-hydroxylation sites is 1. The summed E-state index contributed by atoms with van der Waals surface area (Å²) in [6.45, 7) is 1.98. The van der Waals surface area contributed by atoms with Crippen molar-refractivity contribution in [1.82, 2.24) is 0 Å². The Morgan fingerprint density at radius 3 is 2.47 bits per heavy atom. The fourth-order valence-electron chi connectivity index (χ4n) is 2.08. The van der Waals surface area contributed by atoms with Crippen LogP contribution in [0.15, 0.2) is 42.5 Å². The SMILES string of the molecule is Cc1ccccc1N(C)c1cc(N)ccc1C(=O)O. The van der Waals surface area contributed by atoms with Crippen LogP contribution in [0.25, 0.3) is 0 Å². The van der Waals surface area contributed by atoms with Gasteiger partial charge in [0.1, 0.15) is 0 Å². The van der Waals surface area contributed by atoms with Crippen molar-refractivity contribution in [1.29, 1.82) is 0 Å². The maximum absolute atomic E-state index is 11.3. The predicted molar refractivity (Wildman–Crippen MR) is 77.1 cm³/mol. The molecule has 2 aromatic carbocycles. The van der Waals surface area contributed by atoms with E-state index in [0.29, 0.717) is 11.4 Å². The summed E-state index contributed by atoms with van der Waals surface area (Å²) in [7, 11) is 1.84. The van der Waals surface area contributed by atoms with E-state index < -0.39 is 5.97 Å². The second-order valence-corrected chi connectivity index (χ2v) is 4.43. The van der Waals surface area contributed by atoms with Crippen LogP contribution in [-0.2, 0) is 0 Å². The molecule has 0 atom stereocenters. The topological polar surface area (TPSA) is 66.6 Å². The van der Waals surface area contributed by atoms with Crippen LogP contribution in [-0.4, -0.2) is 18.1 Å². The minimum Gasteiger partial charge on any atom is -0.478 e. The Morgan fingerprint density at radius 2 is 1.84 bits per heavy atom. The van der Waals surface area contributed by atoms with Crippen LogP contribution < -0.4 is 10.6 Å². The summed E-state index contributed by atoms with van der Waals surface area (Å²) >= 11 is 0. The van der Waals surface area contributed by atoms with Crippen LogP contribution >= 0.6 is 0 Å². The molecule has 0 aliphatic rings. The molecular formula is C15H16N2O2. The van der Waals surface area contributed by atoms with Crippen molar-refractivity contribution in [3.8, 4) is 0 Å². The van der Waals surface area contributed by atoms with Gasteiger partial charge < -0.3 is 15.7 Å². The molecular weight excluding hydrogens is 240 g/mol. The van der Waals surface area contributed by atoms with Crippen molar-refractivity contribution in [2.75, 3.05) is 17.7 Å². The van der Waals surface area contributed by atoms with Crippen molar-refractivity contribution < 1.29 is 9.90 Å². The fourth-order valence-corrected chi connectivity index (χ4v) is 2.08. The Bertz CT molecular complexity index is 623. The quantitative estimate of drug-likeness (QED) is 0.828. The molecule has 0 heterocycles. The molecule has 4 nitrogen and oxygen atoms in total. The van der Waals surface area contributed by atoms with Gasteiger partial charge in [0.15, 0.2) is 0 Å². The zero-order chi connectivity index (χ0) is 14.0. The Hall–Kier alpha value is -2.49. The van der Waals surface area contributed by atoms with Gasteiger partial charge in [-0.3, -0.25) is 0 Å². The highest BCUT2D eigenvalue weighted by Crippen LogP contribution is 2.30. The summed E-state index contributed by atoms with van der Waals surface area (Å²) in [6, 6.07) is 12.6. The van der Waals surface area contributed by atoms with Crippen molar-refractivity contribution >= 4 is 23.0 Å². The van der Waals surface area contributed by atoms with Crippen LogP contribution in [0.2, 0.25) is 0 Å². The van der Waals surface area contributed by atoms with Crippen molar-refractivity contribution in [2.24, 2.45) is 0 Å². The minimum atomic E-state index is -0.963. The number of nitrogens with two attached hydrogens (primary N) is 1. The van der Waals surface area contributed by atoms with Gasteiger partial charge in [0, 0.05) is 18.4 Å². The predicted octanol–water partition coefficient (Wildman–Crippen LogP) is 3.04. The first-order valence-corrected chi connectivity index (χ1v) is 5.93. The average Bonchev–Trinajstić information content (AvgIpc) is 2.38. The number of hydrogen-bond acceptors (Lipinski definition) is 3. The van der Waals surface area contributed by atoms with E-state index >= 15 is 0 Å². The molecule has 19 heavy (non-hydrogen) atoms. The van der Waals surface area contributed by atoms with Gasteiger partial charge in [-0.2, -0.15) is 0 Å². The molecule has 0 spiro atoms. The molecule has 0 unspecified atom stereocenters. The van der Waals surface area contributed by atoms with E-state index in [1.807, 2.05) is 43.1 Å². The van der Waals surface area contributed by atoms with E-state index in [-0.39, 0.29) is 5.56 Å². The number of nitrogen functional groups attached to an aromatic ring is 1. The lowest BCUT2D eigenvalue weighted by Gasteiger charge is -2.23. The molecule has 0 saturated heterocycles. The maximum Gasteiger partial charge on any atom is 0.337 e. The van der Waals surface area contributed by atoms with E-state index in [0.717, 1.165) is 11.3 Å². The molecule has 0 saturated carbocycles. The van der Waals surface area contributed by atoms with Crippen LogP contribution in [0.1, 0.15) is 15.9 Å². The Labute approximate surface area is 112 Å². The summed E-state index contributed by atoms with van der Waals surface area (Å²) in [5.41, 5.74) is 9.15. The zero-order valence-electron chi connectivity index (χ0n) is 10.9. The molecule has 0 aliphatic heterocycles. The summed E-state index contributed by atoms with van der Waals surface area (Å²) in [4.78, 5) is 13.1. The largest absolute Gasteiger partial charge is 0.478 e. The van der Waals surface area contributed by atoms with Gasteiger partial charge in [0.25, 0.3) is 0 Å². The number of aryl methyl sites for hydroxylation is 1. The first-order chi connectivity index (χ1) is 9.00. The number of hydrogen-bond donors (Lipinski definition) is 2. The van der Waals surface area contributed by atoms with E-state index in [2.05, 4.69) is 0 Å². The average molecular weight is 256 g/mol. The Morgan fingerprint density at radius 1 is 1.16 bits per heavy atom. The van der Waals surface area contributed by atoms with Gasteiger partial charge in [0.05, 0.1) is 11.3 Å². The second kappa shape index (κ2) is 5.02. The van der Waals surface area contributed by atoms with Crippen LogP contribution in [0.3, 0.4) is 0 Å². The summed E-state index contributed by atoms with van der Waals surface area (Å²) in [5.74, 6) is -0.963. The van der Waals surface area contributed by atoms with Crippen molar-refractivity contribution in [3.63, 3.8) is 0 Å². The van der Waals surface area contributed by atoms with Gasteiger partial charge in [-0.25, -0.2) is 4.79 Å². The van der Waals surface area contributed by atoms with E-state index in [1.165, 1.54) is 6.07 Å². The van der Waals surface area contributed by atoms with Gasteiger partial charge >= 0.3 is 5.97 Å². The van der Waals surface area contributed by atoms with E-state index in [1.54, 1.807) is 12.1 Å². The van der Waals surface area contributed by atoms with Crippen LogP contribution in [0.4, 0.5) is 17.1 Å². The Balaban J connectivity index is 2.55. The van der Waals surface area contributed by atoms with Crippen molar-refractivity contribution in [3.05, 3.63) is 53.6 Å². The third kappa shape index (κ3) is 2.52. The normalized spacial score (nSPS) is 10.2. The molecule has 3 N–H and O–H groups in total. The van der Waals surface area contributed by atoms with Gasteiger partial charge in [-0.05, 0) is 36.8 Å². The standard InChI is InChI=1S/C15H16N2O2/c1-10-5-3-4-6-13(10)17(2)14-9-11(16)7-8-12(14)15(18)19/h3-9H,16H2,1-2H3,(H,18,19). The molecule has 98 valence electrons. The first-order valence-electron chi connectivity index (χ1n) is 5.93. The Kier molecular flexibility index (Phi) is 3.42. The molecule has 0 bridgehead atoms.